The Hall–Kier alpha value is -3.94. The summed E-state index contributed by atoms with van der Waals surface area (Å²) in [7, 11) is 0. The van der Waals surface area contributed by atoms with Crippen molar-refractivity contribution in [2.75, 3.05) is 13.2 Å². The normalized spacial score (nSPS) is 17.6. The minimum Gasteiger partial charge on any atom is -0.460 e. The number of amides is 2. The van der Waals surface area contributed by atoms with E-state index in [0.717, 1.165) is 87.5 Å². The molecule has 0 spiro atoms. The molecule has 8 heteroatoms. The van der Waals surface area contributed by atoms with Gasteiger partial charge in [0.15, 0.2) is 0 Å². The predicted molar refractivity (Wildman–Crippen MR) is 159 cm³/mol. The van der Waals surface area contributed by atoms with Gasteiger partial charge in [0.25, 0.3) is 0 Å². The van der Waals surface area contributed by atoms with Crippen molar-refractivity contribution in [2.24, 2.45) is 11.8 Å². The van der Waals surface area contributed by atoms with Crippen LogP contribution in [0.1, 0.15) is 87.4 Å². The molecule has 2 aromatic rings. The molecule has 2 amide bonds. The van der Waals surface area contributed by atoms with Crippen molar-refractivity contribution in [1.82, 2.24) is 10.6 Å². The maximum atomic E-state index is 12.9. The van der Waals surface area contributed by atoms with E-state index in [1.165, 1.54) is 0 Å². The van der Waals surface area contributed by atoms with Crippen LogP contribution >= 0.6 is 0 Å². The smallest absolute Gasteiger partial charge is 0.331 e. The Bertz CT molecular complexity index is 1090. The summed E-state index contributed by atoms with van der Waals surface area (Å²) >= 11 is 0. The molecule has 2 saturated carbocycles. The van der Waals surface area contributed by atoms with E-state index < -0.39 is 24.0 Å². The van der Waals surface area contributed by atoms with Gasteiger partial charge in [0.1, 0.15) is 13.2 Å². The lowest BCUT2D eigenvalue weighted by molar-refractivity contribution is -0.142. The zero-order chi connectivity index (χ0) is 29.6. The molecule has 2 aliphatic carbocycles. The molecule has 42 heavy (non-hydrogen) atoms. The van der Waals surface area contributed by atoms with Crippen LogP contribution in [0.3, 0.4) is 0 Å². The molecule has 0 bridgehead atoms. The first-order valence-electron chi connectivity index (χ1n) is 15.2. The topological polar surface area (TPSA) is 111 Å². The van der Waals surface area contributed by atoms with E-state index in [2.05, 4.69) is 10.6 Å². The van der Waals surface area contributed by atoms with Crippen molar-refractivity contribution in [3.8, 4) is 0 Å². The SMILES string of the molecule is O=C(/C=C/C(=O)OC[C@H](NC(=O)C1CCCCC1)c1ccccc1)OC[C@H](NC(=O)C1CCCCC1)c1ccccc1. The summed E-state index contributed by atoms with van der Waals surface area (Å²) in [5.74, 6) is -1.54. The molecular formula is C34H42N2O6. The zero-order valence-corrected chi connectivity index (χ0v) is 24.2. The highest BCUT2D eigenvalue weighted by Gasteiger charge is 2.26. The standard InChI is InChI=1S/C34H42N2O6/c37-31(41-23-29(25-13-5-1-6-14-25)35-33(39)27-17-9-3-10-18-27)21-22-32(38)42-24-30(26-15-7-2-8-16-26)36-34(40)28-19-11-4-12-20-28/h1-2,5-8,13-16,21-22,27-30H,3-4,9-12,17-20,23-24H2,(H,35,39)(H,36,40)/b22-21+/t29-,30-/m0/s1. The largest absolute Gasteiger partial charge is 0.460 e. The van der Waals surface area contributed by atoms with Gasteiger partial charge >= 0.3 is 11.9 Å². The van der Waals surface area contributed by atoms with Gasteiger partial charge < -0.3 is 20.1 Å². The maximum absolute atomic E-state index is 12.9. The lowest BCUT2D eigenvalue weighted by atomic mass is 9.88. The molecule has 2 atom stereocenters. The van der Waals surface area contributed by atoms with Gasteiger partial charge in [-0.05, 0) is 36.8 Å². The summed E-state index contributed by atoms with van der Waals surface area (Å²) in [6, 6.07) is 17.8. The highest BCUT2D eigenvalue weighted by atomic mass is 16.5. The number of hydrogen-bond acceptors (Lipinski definition) is 6. The Morgan fingerprint density at radius 2 is 0.952 bits per heavy atom. The maximum Gasteiger partial charge on any atom is 0.331 e. The van der Waals surface area contributed by atoms with Gasteiger partial charge in [-0.15, -0.1) is 0 Å². The molecular weight excluding hydrogens is 532 g/mol. The molecule has 8 nitrogen and oxygen atoms in total. The van der Waals surface area contributed by atoms with E-state index >= 15 is 0 Å². The second-order valence-corrected chi connectivity index (χ2v) is 11.2. The quantitative estimate of drug-likeness (QED) is 0.256. The molecule has 2 aliphatic rings. The van der Waals surface area contributed by atoms with Crippen molar-refractivity contribution < 1.29 is 28.7 Å². The Kier molecular flexibility index (Phi) is 12.2. The lowest BCUT2D eigenvalue weighted by Gasteiger charge is -2.25. The highest BCUT2D eigenvalue weighted by Crippen LogP contribution is 2.26. The number of carbonyl (C=O) groups excluding carboxylic acids is 4. The van der Waals surface area contributed by atoms with Crippen LogP contribution in [0.15, 0.2) is 72.8 Å². The number of esters is 2. The third-order valence-corrected chi connectivity index (χ3v) is 8.13. The summed E-state index contributed by atoms with van der Waals surface area (Å²) in [5.41, 5.74) is 1.67. The fraction of sp³-hybridized carbons (Fsp3) is 0.471. The average molecular weight is 575 g/mol. The molecule has 2 aromatic carbocycles. The Morgan fingerprint density at radius 1 is 0.595 bits per heavy atom. The van der Waals surface area contributed by atoms with Gasteiger partial charge in [-0.1, -0.05) is 99.2 Å². The molecule has 2 fully saturated rings. The minimum absolute atomic E-state index is 0.0255. The fourth-order valence-electron chi connectivity index (χ4n) is 5.69. The van der Waals surface area contributed by atoms with Gasteiger partial charge in [-0.3, -0.25) is 9.59 Å². The van der Waals surface area contributed by atoms with E-state index in [4.69, 9.17) is 9.47 Å². The van der Waals surface area contributed by atoms with Crippen molar-refractivity contribution >= 4 is 23.8 Å². The van der Waals surface area contributed by atoms with E-state index in [0.29, 0.717) is 0 Å². The van der Waals surface area contributed by atoms with Gasteiger partial charge in [0.2, 0.25) is 11.8 Å². The summed E-state index contributed by atoms with van der Waals surface area (Å²) < 4.78 is 10.8. The fourth-order valence-corrected chi connectivity index (χ4v) is 5.69. The van der Waals surface area contributed by atoms with Gasteiger partial charge in [-0.2, -0.15) is 0 Å². The van der Waals surface area contributed by atoms with E-state index in [1.807, 2.05) is 60.7 Å². The van der Waals surface area contributed by atoms with Gasteiger partial charge in [0, 0.05) is 24.0 Å². The number of benzene rings is 2. The van der Waals surface area contributed by atoms with Crippen LogP contribution in [0.25, 0.3) is 0 Å². The third kappa shape index (κ3) is 9.86. The second kappa shape index (κ2) is 16.5. The van der Waals surface area contributed by atoms with E-state index in [1.54, 1.807) is 0 Å². The van der Waals surface area contributed by atoms with Gasteiger partial charge in [0.05, 0.1) is 12.1 Å². The van der Waals surface area contributed by atoms with E-state index in [9.17, 15) is 19.2 Å². The number of hydrogen-bond donors (Lipinski definition) is 2. The molecule has 0 aliphatic heterocycles. The minimum atomic E-state index is -0.718. The van der Waals surface area contributed by atoms with Crippen molar-refractivity contribution in [3.63, 3.8) is 0 Å². The molecule has 0 unspecified atom stereocenters. The van der Waals surface area contributed by atoms with E-state index in [-0.39, 0.29) is 36.9 Å². The predicted octanol–water partition coefficient (Wildman–Crippen LogP) is 5.50. The van der Waals surface area contributed by atoms with Crippen LogP contribution in [0.2, 0.25) is 0 Å². The Balaban J connectivity index is 1.28. The first-order chi connectivity index (χ1) is 20.5. The molecule has 0 heterocycles. The number of rotatable bonds is 12. The van der Waals surface area contributed by atoms with Crippen molar-refractivity contribution in [3.05, 3.63) is 83.9 Å². The van der Waals surface area contributed by atoms with Crippen molar-refractivity contribution in [2.45, 2.75) is 76.3 Å². The molecule has 0 aromatic heterocycles. The van der Waals surface area contributed by atoms with Crippen LogP contribution in [0.4, 0.5) is 0 Å². The summed E-state index contributed by atoms with van der Waals surface area (Å²) in [6.07, 6.45) is 12.0. The number of nitrogens with one attached hydrogen (secondary N) is 2. The van der Waals surface area contributed by atoms with Crippen LogP contribution < -0.4 is 10.6 Å². The molecule has 0 radical (unpaired) electrons. The van der Waals surface area contributed by atoms with Crippen LogP contribution in [0, 0.1) is 11.8 Å². The Labute approximate surface area is 248 Å². The Morgan fingerprint density at radius 3 is 1.31 bits per heavy atom. The molecule has 0 saturated heterocycles. The summed E-state index contributed by atoms with van der Waals surface area (Å²) in [4.78, 5) is 50.7. The summed E-state index contributed by atoms with van der Waals surface area (Å²) in [6.45, 7) is -0.131. The van der Waals surface area contributed by atoms with Crippen LogP contribution in [0.5, 0.6) is 0 Å². The first kappa shape index (κ1) is 31.0. The van der Waals surface area contributed by atoms with Crippen LogP contribution in [-0.2, 0) is 28.7 Å². The third-order valence-electron chi connectivity index (χ3n) is 8.13. The number of ether oxygens (including phenoxy) is 2. The van der Waals surface area contributed by atoms with Crippen LogP contribution in [-0.4, -0.2) is 37.0 Å². The average Bonchev–Trinajstić information content (AvgIpc) is 3.05. The molecule has 4 rings (SSSR count). The monoisotopic (exact) mass is 574 g/mol. The number of carbonyl (C=O) groups is 4. The zero-order valence-electron chi connectivity index (χ0n) is 24.2. The molecule has 224 valence electrons. The first-order valence-corrected chi connectivity index (χ1v) is 15.2. The lowest BCUT2D eigenvalue weighted by Crippen LogP contribution is -2.37. The second-order valence-electron chi connectivity index (χ2n) is 11.2. The summed E-state index contributed by atoms with van der Waals surface area (Å²) in [5, 5.41) is 6.09. The van der Waals surface area contributed by atoms with Crippen molar-refractivity contribution in [1.29, 1.82) is 0 Å². The molecule has 2 N–H and O–H groups in total. The van der Waals surface area contributed by atoms with Gasteiger partial charge in [-0.25, -0.2) is 9.59 Å². The highest BCUT2D eigenvalue weighted by molar-refractivity contribution is 5.91.